The molecule has 2 heterocycles. The quantitative estimate of drug-likeness (QED) is 0.761. The molecule has 110 valence electrons. The standard InChI is InChI=1S/C12H13N5O2S2/c1-8-14-5-4-9(17-8)6-16-21(18,19)10-2-3-11(12(13)20)15-7-10/h2-5,7,16H,6H2,1H3,(H2,13,20). The smallest absolute Gasteiger partial charge is 0.242 e. The second kappa shape index (κ2) is 6.20. The van der Waals surface area contributed by atoms with Gasteiger partial charge in [0.25, 0.3) is 0 Å². The molecule has 2 rings (SSSR count). The van der Waals surface area contributed by atoms with Gasteiger partial charge in [-0.2, -0.15) is 0 Å². The van der Waals surface area contributed by atoms with Gasteiger partial charge in [0.05, 0.1) is 17.9 Å². The van der Waals surface area contributed by atoms with E-state index in [0.29, 0.717) is 17.2 Å². The van der Waals surface area contributed by atoms with Crippen LogP contribution in [0.25, 0.3) is 0 Å². The van der Waals surface area contributed by atoms with Crippen LogP contribution in [0.15, 0.2) is 35.5 Å². The van der Waals surface area contributed by atoms with E-state index >= 15 is 0 Å². The van der Waals surface area contributed by atoms with Crippen LogP contribution in [-0.2, 0) is 16.6 Å². The van der Waals surface area contributed by atoms with Gasteiger partial charge in [0.1, 0.15) is 15.7 Å². The molecule has 9 heteroatoms. The molecule has 7 nitrogen and oxygen atoms in total. The predicted octanol–water partition coefficient (Wildman–Crippen LogP) is 0.293. The fourth-order valence-corrected chi connectivity index (χ4v) is 2.60. The lowest BCUT2D eigenvalue weighted by Crippen LogP contribution is -2.24. The van der Waals surface area contributed by atoms with Crippen LogP contribution in [0, 0.1) is 6.92 Å². The van der Waals surface area contributed by atoms with Crippen molar-refractivity contribution >= 4 is 27.2 Å². The molecule has 0 atom stereocenters. The molecule has 0 saturated carbocycles. The van der Waals surface area contributed by atoms with Crippen molar-refractivity contribution in [2.45, 2.75) is 18.4 Å². The van der Waals surface area contributed by atoms with Crippen molar-refractivity contribution in [2.75, 3.05) is 0 Å². The Balaban J connectivity index is 2.13. The number of aryl methyl sites for hydroxylation is 1. The Morgan fingerprint density at radius 2 is 2.10 bits per heavy atom. The molecule has 0 aliphatic heterocycles. The number of nitrogens with two attached hydrogens (primary N) is 1. The first-order chi connectivity index (χ1) is 9.88. The summed E-state index contributed by atoms with van der Waals surface area (Å²) < 4.78 is 26.7. The highest BCUT2D eigenvalue weighted by Crippen LogP contribution is 2.08. The van der Waals surface area contributed by atoms with Crippen LogP contribution in [0.3, 0.4) is 0 Å². The van der Waals surface area contributed by atoms with Gasteiger partial charge in [0, 0.05) is 12.4 Å². The average molecular weight is 323 g/mol. The van der Waals surface area contributed by atoms with Gasteiger partial charge in [0.2, 0.25) is 10.0 Å². The Morgan fingerprint density at radius 1 is 1.33 bits per heavy atom. The second-order valence-electron chi connectivity index (χ2n) is 4.16. The van der Waals surface area contributed by atoms with Gasteiger partial charge in [-0.1, -0.05) is 12.2 Å². The summed E-state index contributed by atoms with van der Waals surface area (Å²) in [5, 5.41) is 0. The molecule has 0 amide bonds. The number of nitrogens with zero attached hydrogens (tertiary/aromatic N) is 3. The van der Waals surface area contributed by atoms with Gasteiger partial charge < -0.3 is 5.73 Å². The van der Waals surface area contributed by atoms with Gasteiger partial charge >= 0.3 is 0 Å². The molecule has 0 unspecified atom stereocenters. The van der Waals surface area contributed by atoms with Crippen LogP contribution in [0.1, 0.15) is 17.2 Å². The number of nitrogens with one attached hydrogen (secondary N) is 1. The second-order valence-corrected chi connectivity index (χ2v) is 6.37. The fourth-order valence-electron chi connectivity index (χ4n) is 1.54. The Hall–Kier alpha value is -1.97. The summed E-state index contributed by atoms with van der Waals surface area (Å²) in [7, 11) is -3.67. The maximum absolute atomic E-state index is 12.1. The maximum Gasteiger partial charge on any atom is 0.242 e. The Bertz CT molecular complexity index is 759. The summed E-state index contributed by atoms with van der Waals surface area (Å²) in [6.45, 7) is 1.80. The summed E-state index contributed by atoms with van der Waals surface area (Å²) in [6, 6.07) is 4.50. The zero-order valence-electron chi connectivity index (χ0n) is 11.1. The van der Waals surface area contributed by atoms with Crippen LogP contribution in [0.4, 0.5) is 0 Å². The SMILES string of the molecule is Cc1nccc(CNS(=O)(=O)c2ccc(C(N)=S)nc2)n1. The van der Waals surface area contributed by atoms with Crippen molar-refractivity contribution in [1.82, 2.24) is 19.7 Å². The number of rotatable bonds is 5. The van der Waals surface area contributed by atoms with Crippen LogP contribution >= 0.6 is 12.2 Å². The summed E-state index contributed by atoms with van der Waals surface area (Å²) in [5.74, 6) is 0.578. The van der Waals surface area contributed by atoms with Crippen LogP contribution in [0.2, 0.25) is 0 Å². The molecular formula is C12H13N5O2S2. The Labute approximate surface area is 127 Å². The minimum Gasteiger partial charge on any atom is -0.388 e. The van der Waals surface area contributed by atoms with E-state index in [9.17, 15) is 8.42 Å². The van der Waals surface area contributed by atoms with E-state index in [1.807, 2.05) is 0 Å². The third-order valence-corrected chi connectivity index (χ3v) is 4.17. The molecule has 0 aromatic carbocycles. The largest absolute Gasteiger partial charge is 0.388 e. The maximum atomic E-state index is 12.1. The molecule has 21 heavy (non-hydrogen) atoms. The molecule has 0 aliphatic rings. The lowest BCUT2D eigenvalue weighted by atomic mass is 10.3. The number of thiocarbonyl (C=S) groups is 1. The molecule has 0 radical (unpaired) electrons. The molecule has 2 aromatic rings. The van der Waals surface area contributed by atoms with Crippen molar-refractivity contribution < 1.29 is 8.42 Å². The zero-order valence-corrected chi connectivity index (χ0v) is 12.8. The summed E-state index contributed by atoms with van der Waals surface area (Å²) >= 11 is 4.76. The van der Waals surface area contributed by atoms with Crippen molar-refractivity contribution in [3.8, 4) is 0 Å². The molecule has 0 saturated heterocycles. The van der Waals surface area contributed by atoms with E-state index in [-0.39, 0.29) is 16.4 Å². The lowest BCUT2D eigenvalue weighted by Gasteiger charge is -2.07. The third-order valence-electron chi connectivity index (χ3n) is 2.58. The summed E-state index contributed by atoms with van der Waals surface area (Å²) in [4.78, 5) is 12.1. The topological polar surface area (TPSA) is 111 Å². The normalized spacial score (nSPS) is 11.3. The summed E-state index contributed by atoms with van der Waals surface area (Å²) in [6.07, 6.45) is 2.78. The minimum atomic E-state index is -3.67. The molecule has 0 spiro atoms. The van der Waals surface area contributed by atoms with E-state index in [1.54, 1.807) is 19.2 Å². The van der Waals surface area contributed by atoms with E-state index in [4.69, 9.17) is 18.0 Å². The number of aromatic nitrogens is 3. The van der Waals surface area contributed by atoms with Crippen LogP contribution in [-0.4, -0.2) is 28.4 Å². The minimum absolute atomic E-state index is 0.0354. The summed E-state index contributed by atoms with van der Waals surface area (Å²) in [5.41, 5.74) is 6.36. The van der Waals surface area contributed by atoms with E-state index in [2.05, 4.69) is 19.7 Å². The number of pyridine rings is 1. The monoisotopic (exact) mass is 323 g/mol. The Kier molecular flexibility index (Phi) is 4.56. The van der Waals surface area contributed by atoms with Crippen molar-refractivity contribution in [2.24, 2.45) is 5.73 Å². The lowest BCUT2D eigenvalue weighted by molar-refractivity contribution is 0.579. The highest BCUT2D eigenvalue weighted by Gasteiger charge is 2.15. The van der Waals surface area contributed by atoms with Crippen LogP contribution < -0.4 is 10.5 Å². The molecule has 0 aliphatic carbocycles. The highest BCUT2D eigenvalue weighted by atomic mass is 32.2. The fraction of sp³-hybridized carbons (Fsp3) is 0.167. The Morgan fingerprint density at radius 3 is 2.67 bits per heavy atom. The number of hydrogen-bond acceptors (Lipinski definition) is 6. The molecule has 0 bridgehead atoms. The van der Waals surface area contributed by atoms with Crippen molar-refractivity contribution in [1.29, 1.82) is 0 Å². The van der Waals surface area contributed by atoms with Gasteiger partial charge in [-0.3, -0.25) is 4.98 Å². The number of sulfonamides is 1. The first-order valence-corrected chi connectivity index (χ1v) is 7.82. The molecule has 2 aromatic heterocycles. The highest BCUT2D eigenvalue weighted by molar-refractivity contribution is 7.89. The third kappa shape index (κ3) is 4.00. The van der Waals surface area contributed by atoms with E-state index in [0.717, 1.165) is 0 Å². The van der Waals surface area contributed by atoms with Gasteiger partial charge in [0.15, 0.2) is 0 Å². The van der Waals surface area contributed by atoms with Gasteiger partial charge in [-0.15, -0.1) is 0 Å². The average Bonchev–Trinajstić information content (AvgIpc) is 2.45. The first kappa shape index (κ1) is 15.4. The molecule has 0 fully saturated rings. The van der Waals surface area contributed by atoms with E-state index < -0.39 is 10.0 Å². The zero-order chi connectivity index (χ0) is 15.5. The van der Waals surface area contributed by atoms with Crippen LogP contribution in [0.5, 0.6) is 0 Å². The number of hydrogen-bond donors (Lipinski definition) is 2. The van der Waals surface area contributed by atoms with Gasteiger partial charge in [-0.05, 0) is 25.1 Å². The predicted molar refractivity (Wildman–Crippen MR) is 80.9 cm³/mol. The molecular weight excluding hydrogens is 310 g/mol. The van der Waals surface area contributed by atoms with Gasteiger partial charge in [-0.25, -0.2) is 23.1 Å². The van der Waals surface area contributed by atoms with E-state index in [1.165, 1.54) is 18.3 Å². The van der Waals surface area contributed by atoms with Crippen molar-refractivity contribution in [3.05, 3.63) is 47.8 Å². The first-order valence-electron chi connectivity index (χ1n) is 5.92. The van der Waals surface area contributed by atoms with Crippen molar-refractivity contribution in [3.63, 3.8) is 0 Å². The molecule has 3 N–H and O–H groups in total.